The predicted molar refractivity (Wildman–Crippen MR) is 128 cm³/mol. The monoisotopic (exact) mass is 462 g/mol. The summed E-state index contributed by atoms with van der Waals surface area (Å²) < 4.78 is 10.6. The Balaban J connectivity index is 1.75. The first kappa shape index (κ1) is 22.4. The van der Waals surface area contributed by atoms with Crippen LogP contribution in [0.2, 0.25) is 5.02 Å². The Morgan fingerprint density at radius 1 is 0.909 bits per heavy atom. The molecule has 33 heavy (non-hydrogen) atoms. The van der Waals surface area contributed by atoms with E-state index in [4.69, 9.17) is 21.1 Å². The first-order chi connectivity index (χ1) is 15.9. The van der Waals surface area contributed by atoms with Gasteiger partial charge in [0.2, 0.25) is 0 Å². The highest BCUT2D eigenvalue weighted by Gasteiger charge is 2.39. The minimum absolute atomic E-state index is 0.0845. The van der Waals surface area contributed by atoms with Crippen LogP contribution in [-0.2, 0) is 16.1 Å². The molecule has 0 unspecified atom stereocenters. The van der Waals surface area contributed by atoms with Crippen molar-refractivity contribution in [1.29, 1.82) is 0 Å². The summed E-state index contributed by atoms with van der Waals surface area (Å²) in [5, 5.41) is 3.70. The number of hydrogen-bond donors (Lipinski definition) is 1. The van der Waals surface area contributed by atoms with E-state index < -0.39 is 11.8 Å². The zero-order valence-corrected chi connectivity index (χ0v) is 19.3. The molecule has 3 aromatic rings. The molecule has 0 saturated carbocycles. The molecular weight excluding hydrogens is 440 g/mol. The molecule has 1 N–H and O–H groups in total. The van der Waals surface area contributed by atoms with E-state index in [9.17, 15) is 9.59 Å². The van der Waals surface area contributed by atoms with E-state index in [-0.39, 0.29) is 17.8 Å². The summed E-state index contributed by atoms with van der Waals surface area (Å²) >= 11 is 6.27. The van der Waals surface area contributed by atoms with Crippen molar-refractivity contribution < 1.29 is 19.1 Å². The Morgan fingerprint density at radius 3 is 2.30 bits per heavy atom. The lowest BCUT2D eigenvalue weighted by atomic mass is 10.0. The number of methoxy groups -OCH3 is 2. The van der Waals surface area contributed by atoms with Gasteiger partial charge in [0.1, 0.15) is 17.2 Å². The van der Waals surface area contributed by atoms with E-state index in [0.717, 1.165) is 11.1 Å². The molecule has 0 aromatic heterocycles. The number of nitrogens with zero attached hydrogens (tertiary/aromatic N) is 1. The van der Waals surface area contributed by atoms with Crippen molar-refractivity contribution in [3.8, 4) is 11.5 Å². The molecule has 3 aromatic carbocycles. The van der Waals surface area contributed by atoms with Crippen molar-refractivity contribution in [1.82, 2.24) is 4.90 Å². The zero-order chi connectivity index (χ0) is 23.5. The number of carbonyl (C=O) groups is 2. The lowest BCUT2D eigenvalue weighted by molar-refractivity contribution is -0.137. The van der Waals surface area contributed by atoms with E-state index in [1.807, 2.05) is 37.3 Å². The van der Waals surface area contributed by atoms with Crippen molar-refractivity contribution >= 4 is 34.7 Å². The smallest absolute Gasteiger partial charge is 0.278 e. The maximum Gasteiger partial charge on any atom is 0.278 e. The second-order valence-electron chi connectivity index (χ2n) is 7.58. The topological polar surface area (TPSA) is 67.9 Å². The van der Waals surface area contributed by atoms with E-state index in [2.05, 4.69) is 5.32 Å². The van der Waals surface area contributed by atoms with Crippen LogP contribution in [0, 0.1) is 6.92 Å². The average Bonchev–Trinajstić information content (AvgIpc) is 3.06. The molecule has 0 fully saturated rings. The number of halogens is 1. The number of aryl methyl sites for hydroxylation is 1. The van der Waals surface area contributed by atoms with Crippen molar-refractivity contribution in [2.24, 2.45) is 0 Å². The molecule has 168 valence electrons. The van der Waals surface area contributed by atoms with Crippen LogP contribution in [0.4, 0.5) is 5.69 Å². The molecule has 2 amide bonds. The van der Waals surface area contributed by atoms with Gasteiger partial charge in [0.15, 0.2) is 0 Å². The van der Waals surface area contributed by atoms with Crippen LogP contribution < -0.4 is 14.8 Å². The Labute approximate surface area is 197 Å². The Hall–Kier alpha value is -3.77. The van der Waals surface area contributed by atoms with Crippen LogP contribution in [0.5, 0.6) is 11.5 Å². The molecule has 0 radical (unpaired) electrons. The van der Waals surface area contributed by atoms with Gasteiger partial charge in [-0.1, -0.05) is 48.0 Å². The van der Waals surface area contributed by atoms with Crippen LogP contribution in [0.1, 0.15) is 16.7 Å². The van der Waals surface area contributed by atoms with Crippen molar-refractivity contribution in [2.75, 3.05) is 19.5 Å². The third-order valence-corrected chi connectivity index (χ3v) is 5.92. The van der Waals surface area contributed by atoms with Crippen LogP contribution in [0.15, 0.2) is 72.4 Å². The Bertz CT molecular complexity index is 1250. The highest BCUT2D eigenvalue weighted by molar-refractivity contribution is 6.36. The molecule has 0 atom stereocenters. The molecule has 1 aliphatic rings. The predicted octanol–water partition coefficient (Wildman–Crippen LogP) is 5.06. The summed E-state index contributed by atoms with van der Waals surface area (Å²) in [5.41, 5.74) is 3.35. The lowest BCUT2D eigenvalue weighted by Gasteiger charge is -2.17. The maximum atomic E-state index is 13.5. The molecule has 4 rings (SSSR count). The molecule has 7 heteroatoms. The average molecular weight is 463 g/mol. The number of benzene rings is 3. The normalized spacial score (nSPS) is 13.5. The quantitative estimate of drug-likeness (QED) is 0.497. The van der Waals surface area contributed by atoms with E-state index in [1.165, 1.54) is 4.90 Å². The Morgan fingerprint density at radius 2 is 1.64 bits per heavy atom. The number of anilines is 1. The molecule has 0 bridgehead atoms. The SMILES string of the molecule is COc1ccc(C2=C(Nc3ccc(C)c(Cl)c3)C(=O)N(Cc3ccccc3OC)C2=O)cc1. The van der Waals surface area contributed by atoms with E-state index in [1.54, 1.807) is 50.6 Å². The van der Waals surface area contributed by atoms with Crippen LogP contribution in [-0.4, -0.2) is 30.9 Å². The summed E-state index contributed by atoms with van der Waals surface area (Å²) in [4.78, 5) is 28.2. The molecule has 0 aliphatic carbocycles. The second kappa shape index (κ2) is 9.38. The fourth-order valence-corrected chi connectivity index (χ4v) is 3.86. The third-order valence-electron chi connectivity index (χ3n) is 5.51. The van der Waals surface area contributed by atoms with Crippen molar-refractivity contribution in [2.45, 2.75) is 13.5 Å². The van der Waals surface area contributed by atoms with Gasteiger partial charge < -0.3 is 14.8 Å². The van der Waals surface area contributed by atoms with Gasteiger partial charge in [-0.15, -0.1) is 0 Å². The molecule has 0 saturated heterocycles. The lowest BCUT2D eigenvalue weighted by Crippen LogP contribution is -2.32. The van der Waals surface area contributed by atoms with E-state index in [0.29, 0.717) is 27.8 Å². The van der Waals surface area contributed by atoms with Gasteiger partial charge in [-0.3, -0.25) is 14.5 Å². The highest BCUT2D eigenvalue weighted by atomic mass is 35.5. The van der Waals surface area contributed by atoms with Crippen molar-refractivity contribution in [3.05, 3.63) is 94.1 Å². The summed E-state index contributed by atoms with van der Waals surface area (Å²) in [6.45, 7) is 1.98. The molecular formula is C26H23ClN2O4. The van der Waals surface area contributed by atoms with Crippen LogP contribution >= 0.6 is 11.6 Å². The fraction of sp³-hybridized carbons (Fsp3) is 0.154. The minimum Gasteiger partial charge on any atom is -0.497 e. The summed E-state index contributed by atoms with van der Waals surface area (Å²) in [5.74, 6) is 0.447. The van der Waals surface area contributed by atoms with Gasteiger partial charge >= 0.3 is 0 Å². The molecule has 1 heterocycles. The second-order valence-corrected chi connectivity index (χ2v) is 7.98. The summed E-state index contributed by atoms with van der Waals surface area (Å²) in [6, 6.07) is 19.7. The number of nitrogens with one attached hydrogen (secondary N) is 1. The number of imide groups is 1. The number of carbonyl (C=O) groups excluding carboxylic acids is 2. The standard InChI is InChI=1S/C26H23ClN2O4/c1-16-8-11-19(14-21(16)27)28-24-23(17-9-12-20(32-2)13-10-17)25(30)29(26(24)31)15-18-6-4-5-7-22(18)33-3/h4-14,28H,15H2,1-3H3. The number of para-hydroxylation sites is 1. The fourth-order valence-electron chi connectivity index (χ4n) is 3.68. The van der Waals surface area contributed by atoms with Gasteiger partial charge in [-0.25, -0.2) is 0 Å². The summed E-state index contributed by atoms with van der Waals surface area (Å²) in [7, 11) is 3.13. The number of rotatable bonds is 7. The minimum atomic E-state index is -0.423. The Kier molecular flexibility index (Phi) is 6.38. The van der Waals surface area contributed by atoms with Gasteiger partial charge in [0.25, 0.3) is 11.8 Å². The number of amides is 2. The number of hydrogen-bond acceptors (Lipinski definition) is 5. The van der Waals surface area contributed by atoms with Gasteiger partial charge in [0, 0.05) is 16.3 Å². The molecule has 6 nitrogen and oxygen atoms in total. The van der Waals surface area contributed by atoms with Crippen molar-refractivity contribution in [3.63, 3.8) is 0 Å². The van der Waals surface area contributed by atoms with Gasteiger partial charge in [-0.2, -0.15) is 0 Å². The summed E-state index contributed by atoms with van der Waals surface area (Å²) in [6.07, 6.45) is 0. The van der Waals surface area contributed by atoms with Crippen LogP contribution in [0.3, 0.4) is 0 Å². The third kappa shape index (κ3) is 4.43. The molecule has 0 spiro atoms. The first-order valence-electron chi connectivity index (χ1n) is 10.3. The largest absolute Gasteiger partial charge is 0.497 e. The van der Waals surface area contributed by atoms with E-state index >= 15 is 0 Å². The molecule has 1 aliphatic heterocycles. The first-order valence-corrected chi connectivity index (χ1v) is 10.7. The van der Waals surface area contributed by atoms with Crippen LogP contribution in [0.25, 0.3) is 5.57 Å². The van der Waals surface area contributed by atoms with Gasteiger partial charge in [-0.05, 0) is 48.4 Å². The van der Waals surface area contributed by atoms with Gasteiger partial charge in [0.05, 0.1) is 26.3 Å². The maximum absolute atomic E-state index is 13.5. The number of ether oxygens (including phenoxy) is 2. The zero-order valence-electron chi connectivity index (χ0n) is 18.5. The highest BCUT2D eigenvalue weighted by Crippen LogP contribution is 2.34.